The Morgan fingerprint density at radius 3 is 1.82 bits per heavy atom. The van der Waals surface area contributed by atoms with E-state index in [2.05, 4.69) is 241 Å². The molecular weight excluding hydrogens is 803 g/mol. The zero-order chi connectivity index (χ0) is 42.6. The van der Waals surface area contributed by atoms with Crippen LogP contribution in [0.5, 0.6) is 0 Å². The van der Waals surface area contributed by atoms with Gasteiger partial charge in [0.1, 0.15) is 0 Å². The summed E-state index contributed by atoms with van der Waals surface area (Å²) < 4.78 is 5.06. The molecule has 0 fully saturated rings. The van der Waals surface area contributed by atoms with Crippen molar-refractivity contribution >= 4 is 74.9 Å². The van der Waals surface area contributed by atoms with E-state index in [9.17, 15) is 0 Å². The van der Waals surface area contributed by atoms with E-state index in [1.807, 2.05) is 11.3 Å². The van der Waals surface area contributed by atoms with Crippen molar-refractivity contribution in [3.8, 4) is 39.1 Å². The number of fused-ring (bicyclic) bond motifs is 12. The van der Waals surface area contributed by atoms with E-state index >= 15 is 0 Å². The molecule has 65 heavy (non-hydrogen) atoms. The summed E-state index contributed by atoms with van der Waals surface area (Å²) in [5.74, 6) is 0. The Morgan fingerprint density at radius 2 is 1.00 bits per heavy atom. The van der Waals surface area contributed by atoms with Crippen molar-refractivity contribution in [2.24, 2.45) is 0 Å². The Hall–Kier alpha value is -8.04. The standard InChI is InChI=1S/C63H39NS/c1-3-19-43(20-4-1)63(55-30-12-9-25-48(55)49-26-10-13-31-56(49)63)44-21-15-18-40(37-44)46-28-16-29-50-53(46)38-41-17-7-8-24-47(41)60(50)42-33-36-59-54(39-42)51-34-35-58-61(62(51)65-59)52-27-11-14-32-57(52)64(58)45-22-5-2-6-23-45/h1-39H. The van der Waals surface area contributed by atoms with E-state index in [1.165, 1.54) is 125 Å². The van der Waals surface area contributed by atoms with Crippen molar-refractivity contribution in [3.63, 3.8) is 0 Å². The summed E-state index contributed by atoms with van der Waals surface area (Å²) in [5.41, 5.74) is 16.0. The normalized spacial score (nSPS) is 13.0. The van der Waals surface area contributed by atoms with Gasteiger partial charge in [-0.1, -0.05) is 188 Å². The van der Waals surface area contributed by atoms with Crippen LogP contribution in [0.2, 0.25) is 0 Å². The Balaban J connectivity index is 0.982. The average Bonchev–Trinajstić information content (AvgIpc) is 4.02. The summed E-state index contributed by atoms with van der Waals surface area (Å²) in [6, 6.07) is 88.2. The molecule has 0 amide bonds. The highest BCUT2D eigenvalue weighted by atomic mass is 32.1. The zero-order valence-electron chi connectivity index (χ0n) is 35.4. The van der Waals surface area contributed by atoms with Gasteiger partial charge in [-0.05, 0) is 126 Å². The first-order valence-electron chi connectivity index (χ1n) is 22.5. The smallest absolute Gasteiger partial charge is 0.0713 e. The van der Waals surface area contributed by atoms with Gasteiger partial charge in [0.25, 0.3) is 0 Å². The maximum atomic E-state index is 2.47. The molecule has 0 atom stereocenters. The van der Waals surface area contributed by atoms with Crippen LogP contribution in [0.25, 0.3) is 103 Å². The lowest BCUT2D eigenvalue weighted by molar-refractivity contribution is 0.769. The quantitative estimate of drug-likeness (QED) is 0.152. The molecule has 0 aliphatic heterocycles. The average molecular weight is 842 g/mol. The Morgan fingerprint density at radius 1 is 0.354 bits per heavy atom. The molecule has 2 aromatic heterocycles. The third-order valence-electron chi connectivity index (χ3n) is 14.2. The molecule has 0 saturated carbocycles. The fourth-order valence-corrected chi connectivity index (χ4v) is 12.8. The van der Waals surface area contributed by atoms with Gasteiger partial charge in [0, 0.05) is 36.6 Å². The van der Waals surface area contributed by atoms with E-state index in [0.29, 0.717) is 0 Å². The molecule has 1 aliphatic carbocycles. The first-order chi connectivity index (χ1) is 32.3. The molecule has 14 rings (SSSR count). The number of rotatable bonds is 5. The summed E-state index contributed by atoms with van der Waals surface area (Å²) in [4.78, 5) is 0. The second kappa shape index (κ2) is 14.0. The van der Waals surface area contributed by atoms with Crippen LogP contribution in [-0.2, 0) is 5.41 Å². The van der Waals surface area contributed by atoms with Crippen molar-refractivity contribution in [2.75, 3.05) is 0 Å². The highest BCUT2D eigenvalue weighted by Crippen LogP contribution is 2.56. The van der Waals surface area contributed by atoms with Gasteiger partial charge in [0.2, 0.25) is 0 Å². The van der Waals surface area contributed by atoms with Crippen LogP contribution in [0.1, 0.15) is 22.3 Å². The maximum Gasteiger partial charge on any atom is 0.0713 e. The molecule has 0 unspecified atom stereocenters. The number of hydrogen-bond acceptors (Lipinski definition) is 1. The van der Waals surface area contributed by atoms with Gasteiger partial charge < -0.3 is 4.57 Å². The summed E-state index contributed by atoms with van der Waals surface area (Å²) in [7, 11) is 0. The SMILES string of the molecule is c1ccc(-n2c3ccccc3c3c4sc5ccc(-c6c7ccccc7cc7c(-c8cccc(C9(c%10ccccc%10)c%10ccccc%10-c%10ccccc%109)c8)cccc67)cc5c4ccc32)cc1. The van der Waals surface area contributed by atoms with Gasteiger partial charge in [0.15, 0.2) is 0 Å². The van der Waals surface area contributed by atoms with Gasteiger partial charge in [-0.3, -0.25) is 0 Å². The molecule has 0 saturated heterocycles. The lowest BCUT2D eigenvalue weighted by atomic mass is 9.67. The molecule has 0 radical (unpaired) electrons. The van der Waals surface area contributed by atoms with Crippen LogP contribution in [-0.4, -0.2) is 4.57 Å². The molecule has 302 valence electrons. The molecule has 0 bridgehead atoms. The molecule has 1 aliphatic rings. The lowest BCUT2D eigenvalue weighted by Gasteiger charge is -2.34. The third kappa shape index (κ3) is 5.14. The van der Waals surface area contributed by atoms with Crippen molar-refractivity contribution in [3.05, 3.63) is 259 Å². The molecule has 0 N–H and O–H groups in total. The molecular formula is C63H39NS. The molecule has 2 heteroatoms. The Bertz CT molecular complexity index is 4010. The maximum absolute atomic E-state index is 2.47. The minimum Gasteiger partial charge on any atom is -0.309 e. The van der Waals surface area contributed by atoms with Crippen molar-refractivity contribution in [1.29, 1.82) is 0 Å². The second-order valence-corrected chi connectivity index (χ2v) is 18.6. The van der Waals surface area contributed by atoms with Crippen LogP contribution >= 0.6 is 11.3 Å². The topological polar surface area (TPSA) is 4.93 Å². The summed E-state index contributed by atoms with van der Waals surface area (Å²) in [5, 5.41) is 10.2. The van der Waals surface area contributed by atoms with Crippen LogP contribution in [0.4, 0.5) is 0 Å². The Labute approximate surface area is 380 Å². The van der Waals surface area contributed by atoms with Gasteiger partial charge in [0.05, 0.1) is 16.4 Å². The third-order valence-corrected chi connectivity index (χ3v) is 15.5. The van der Waals surface area contributed by atoms with Crippen LogP contribution in [0, 0.1) is 0 Å². The predicted molar refractivity (Wildman–Crippen MR) is 277 cm³/mol. The first-order valence-corrected chi connectivity index (χ1v) is 23.3. The van der Waals surface area contributed by atoms with Gasteiger partial charge in [-0.15, -0.1) is 11.3 Å². The van der Waals surface area contributed by atoms with Crippen molar-refractivity contribution in [1.82, 2.24) is 4.57 Å². The predicted octanol–water partition coefficient (Wildman–Crippen LogP) is 17.2. The highest BCUT2D eigenvalue weighted by molar-refractivity contribution is 7.26. The zero-order valence-corrected chi connectivity index (χ0v) is 36.2. The van der Waals surface area contributed by atoms with E-state index in [-0.39, 0.29) is 0 Å². The van der Waals surface area contributed by atoms with Crippen molar-refractivity contribution < 1.29 is 0 Å². The number of hydrogen-bond donors (Lipinski definition) is 0. The summed E-state index contributed by atoms with van der Waals surface area (Å²) in [6.45, 7) is 0. The molecule has 0 spiro atoms. The van der Waals surface area contributed by atoms with E-state index in [1.54, 1.807) is 0 Å². The Kier molecular flexibility index (Phi) is 7.84. The number of aromatic nitrogens is 1. The summed E-state index contributed by atoms with van der Waals surface area (Å²) in [6.07, 6.45) is 0. The lowest BCUT2D eigenvalue weighted by Crippen LogP contribution is -2.28. The molecule has 11 aromatic carbocycles. The summed E-state index contributed by atoms with van der Waals surface area (Å²) >= 11 is 1.91. The fraction of sp³-hybridized carbons (Fsp3) is 0.0159. The minimum absolute atomic E-state index is 0.465. The van der Waals surface area contributed by atoms with Crippen molar-refractivity contribution in [2.45, 2.75) is 5.41 Å². The molecule has 13 aromatic rings. The largest absolute Gasteiger partial charge is 0.309 e. The van der Waals surface area contributed by atoms with Gasteiger partial charge in [-0.2, -0.15) is 0 Å². The van der Waals surface area contributed by atoms with Crippen LogP contribution < -0.4 is 0 Å². The van der Waals surface area contributed by atoms with E-state index in [4.69, 9.17) is 0 Å². The number of para-hydroxylation sites is 2. The number of nitrogens with zero attached hydrogens (tertiary/aromatic N) is 1. The molecule has 1 nitrogen and oxygen atoms in total. The van der Waals surface area contributed by atoms with E-state index < -0.39 is 5.41 Å². The number of thiophene rings is 1. The first kappa shape index (κ1) is 36.4. The fourth-order valence-electron chi connectivity index (χ4n) is 11.6. The monoisotopic (exact) mass is 841 g/mol. The molecule has 2 heterocycles. The van der Waals surface area contributed by atoms with E-state index in [0.717, 1.165) is 0 Å². The highest BCUT2D eigenvalue weighted by Gasteiger charge is 2.46. The number of benzene rings is 11. The van der Waals surface area contributed by atoms with Gasteiger partial charge >= 0.3 is 0 Å². The minimum atomic E-state index is -0.465. The van der Waals surface area contributed by atoms with Gasteiger partial charge in [-0.25, -0.2) is 0 Å². The second-order valence-electron chi connectivity index (χ2n) is 17.5. The van der Waals surface area contributed by atoms with Crippen LogP contribution in [0.3, 0.4) is 0 Å². The van der Waals surface area contributed by atoms with Crippen LogP contribution in [0.15, 0.2) is 237 Å².